The molecule has 0 aromatic carbocycles. The molecule has 0 spiro atoms. The van der Waals surface area contributed by atoms with Crippen molar-refractivity contribution in [3.05, 3.63) is 0 Å². The van der Waals surface area contributed by atoms with Crippen molar-refractivity contribution in [1.82, 2.24) is 10.2 Å². The first-order chi connectivity index (χ1) is 9.20. The summed E-state index contributed by atoms with van der Waals surface area (Å²) in [6.45, 7) is 7.20. The van der Waals surface area contributed by atoms with Crippen molar-refractivity contribution < 1.29 is 0 Å². The van der Waals surface area contributed by atoms with Gasteiger partial charge in [0, 0.05) is 18.6 Å². The minimum absolute atomic E-state index is 0.796. The van der Waals surface area contributed by atoms with Gasteiger partial charge in [-0.3, -0.25) is 0 Å². The van der Waals surface area contributed by atoms with Gasteiger partial charge in [-0.25, -0.2) is 0 Å². The molecule has 19 heavy (non-hydrogen) atoms. The Kier molecular flexibility index (Phi) is 6.15. The fourth-order valence-corrected chi connectivity index (χ4v) is 4.06. The highest BCUT2D eigenvalue weighted by Crippen LogP contribution is 2.30. The molecule has 0 aromatic rings. The molecule has 0 heterocycles. The second-order valence-electron chi connectivity index (χ2n) is 7.10. The van der Waals surface area contributed by atoms with Crippen LogP contribution < -0.4 is 5.32 Å². The van der Waals surface area contributed by atoms with Gasteiger partial charge in [0.1, 0.15) is 0 Å². The second-order valence-corrected chi connectivity index (χ2v) is 7.10. The van der Waals surface area contributed by atoms with E-state index in [1.807, 2.05) is 0 Å². The zero-order chi connectivity index (χ0) is 13.7. The van der Waals surface area contributed by atoms with Crippen molar-refractivity contribution in [3.8, 4) is 0 Å². The fraction of sp³-hybridized carbons (Fsp3) is 1.00. The molecule has 2 unspecified atom stereocenters. The summed E-state index contributed by atoms with van der Waals surface area (Å²) in [5, 5.41) is 3.77. The molecule has 2 nitrogen and oxygen atoms in total. The molecular formula is C17H34N2. The summed E-state index contributed by atoms with van der Waals surface area (Å²) in [5.41, 5.74) is 0. The first-order valence-electron chi connectivity index (χ1n) is 8.64. The van der Waals surface area contributed by atoms with Crippen LogP contribution in [0.25, 0.3) is 0 Å². The smallest absolute Gasteiger partial charge is 0.0107 e. The Morgan fingerprint density at radius 3 is 2.47 bits per heavy atom. The highest BCUT2D eigenvalue weighted by atomic mass is 15.1. The molecule has 0 bridgehead atoms. The van der Waals surface area contributed by atoms with Gasteiger partial charge >= 0.3 is 0 Å². The Balaban J connectivity index is 1.75. The summed E-state index contributed by atoms with van der Waals surface area (Å²) in [7, 11) is 2.37. The van der Waals surface area contributed by atoms with E-state index in [1.54, 1.807) is 0 Å². The molecule has 0 radical (unpaired) electrons. The molecule has 2 rings (SSSR count). The van der Waals surface area contributed by atoms with Crippen LogP contribution in [-0.4, -0.2) is 37.1 Å². The molecule has 2 aliphatic carbocycles. The summed E-state index contributed by atoms with van der Waals surface area (Å²) in [6, 6.07) is 1.66. The average Bonchev–Trinajstić information content (AvgIpc) is 2.84. The summed E-state index contributed by atoms with van der Waals surface area (Å²) in [5.74, 6) is 1.87. The topological polar surface area (TPSA) is 15.3 Å². The molecule has 1 N–H and O–H groups in total. The van der Waals surface area contributed by atoms with Gasteiger partial charge in [0.25, 0.3) is 0 Å². The molecule has 0 aliphatic heterocycles. The molecule has 2 aliphatic rings. The minimum atomic E-state index is 0.796. The lowest BCUT2D eigenvalue weighted by Crippen LogP contribution is -2.43. The highest BCUT2D eigenvalue weighted by Gasteiger charge is 2.30. The molecular weight excluding hydrogens is 232 g/mol. The van der Waals surface area contributed by atoms with Gasteiger partial charge in [-0.2, -0.15) is 0 Å². The Labute approximate surface area is 120 Å². The first kappa shape index (κ1) is 15.3. The summed E-state index contributed by atoms with van der Waals surface area (Å²) in [4.78, 5) is 2.68. The first-order valence-corrected chi connectivity index (χ1v) is 8.64. The molecule has 2 fully saturated rings. The van der Waals surface area contributed by atoms with Crippen molar-refractivity contribution in [1.29, 1.82) is 0 Å². The van der Waals surface area contributed by atoms with E-state index < -0.39 is 0 Å². The van der Waals surface area contributed by atoms with E-state index in [2.05, 4.69) is 31.1 Å². The Hall–Kier alpha value is -0.0800. The van der Waals surface area contributed by atoms with E-state index in [0.29, 0.717) is 0 Å². The zero-order valence-electron chi connectivity index (χ0n) is 13.3. The lowest BCUT2D eigenvalue weighted by molar-refractivity contribution is 0.142. The fourth-order valence-electron chi connectivity index (χ4n) is 4.06. The largest absolute Gasteiger partial charge is 0.314 e. The molecule has 2 atom stereocenters. The molecule has 0 saturated heterocycles. The quantitative estimate of drug-likeness (QED) is 0.789. The Bertz CT molecular complexity index is 246. The van der Waals surface area contributed by atoms with Crippen LogP contribution in [0.5, 0.6) is 0 Å². The second kappa shape index (κ2) is 7.64. The van der Waals surface area contributed by atoms with Gasteiger partial charge in [-0.1, -0.05) is 20.3 Å². The van der Waals surface area contributed by atoms with Crippen LogP contribution in [0.15, 0.2) is 0 Å². The van der Waals surface area contributed by atoms with Gasteiger partial charge in [0.2, 0.25) is 0 Å². The Morgan fingerprint density at radius 1 is 1.05 bits per heavy atom. The van der Waals surface area contributed by atoms with E-state index in [4.69, 9.17) is 0 Å². The van der Waals surface area contributed by atoms with Crippen LogP contribution in [-0.2, 0) is 0 Å². The lowest BCUT2D eigenvalue weighted by atomic mass is 9.86. The zero-order valence-corrected chi connectivity index (χ0v) is 13.3. The number of rotatable bonds is 6. The normalized spacial score (nSPS) is 36.0. The van der Waals surface area contributed by atoms with Crippen LogP contribution in [0, 0.1) is 11.8 Å². The van der Waals surface area contributed by atoms with Crippen molar-refractivity contribution in [2.75, 3.05) is 20.1 Å². The molecule has 2 saturated carbocycles. The van der Waals surface area contributed by atoms with Gasteiger partial charge < -0.3 is 10.2 Å². The average molecular weight is 266 g/mol. The lowest BCUT2D eigenvalue weighted by Gasteiger charge is -2.36. The molecule has 2 heteroatoms. The number of nitrogens with one attached hydrogen (secondary N) is 1. The van der Waals surface area contributed by atoms with Crippen molar-refractivity contribution in [2.45, 2.75) is 77.3 Å². The molecule has 0 aromatic heterocycles. The third-order valence-corrected chi connectivity index (χ3v) is 5.45. The third kappa shape index (κ3) is 4.46. The molecule has 0 amide bonds. The summed E-state index contributed by atoms with van der Waals surface area (Å²) < 4.78 is 0. The number of nitrogens with zero attached hydrogens (tertiary/aromatic N) is 1. The van der Waals surface area contributed by atoms with E-state index >= 15 is 0 Å². The maximum absolute atomic E-state index is 3.77. The SMILES string of the molecule is CCCNC1CCCC1CN(C)C1CCC(C)CC1. The van der Waals surface area contributed by atoms with Gasteiger partial charge in [-0.15, -0.1) is 0 Å². The van der Waals surface area contributed by atoms with Crippen LogP contribution in [0.1, 0.15) is 65.2 Å². The van der Waals surface area contributed by atoms with E-state index in [1.165, 1.54) is 64.5 Å². The predicted octanol–water partition coefficient (Wildman–Crippen LogP) is 3.67. The third-order valence-electron chi connectivity index (χ3n) is 5.45. The van der Waals surface area contributed by atoms with Crippen molar-refractivity contribution in [3.63, 3.8) is 0 Å². The minimum Gasteiger partial charge on any atom is -0.314 e. The number of hydrogen-bond donors (Lipinski definition) is 1. The summed E-state index contributed by atoms with van der Waals surface area (Å²) >= 11 is 0. The predicted molar refractivity (Wildman–Crippen MR) is 83.5 cm³/mol. The maximum Gasteiger partial charge on any atom is 0.0107 e. The van der Waals surface area contributed by atoms with E-state index in [-0.39, 0.29) is 0 Å². The van der Waals surface area contributed by atoms with Gasteiger partial charge in [0.05, 0.1) is 0 Å². The standard InChI is InChI=1S/C17H34N2/c1-4-12-18-17-7-5-6-15(17)13-19(3)16-10-8-14(2)9-11-16/h14-18H,4-13H2,1-3H3. The molecule has 112 valence electrons. The van der Waals surface area contributed by atoms with Gasteiger partial charge in [0.15, 0.2) is 0 Å². The Morgan fingerprint density at radius 2 is 1.79 bits per heavy atom. The van der Waals surface area contributed by atoms with Crippen LogP contribution in [0.3, 0.4) is 0 Å². The monoisotopic (exact) mass is 266 g/mol. The van der Waals surface area contributed by atoms with E-state index in [0.717, 1.165) is 23.9 Å². The van der Waals surface area contributed by atoms with Gasteiger partial charge in [-0.05, 0) is 70.4 Å². The maximum atomic E-state index is 3.77. The van der Waals surface area contributed by atoms with Crippen LogP contribution in [0.4, 0.5) is 0 Å². The van der Waals surface area contributed by atoms with E-state index in [9.17, 15) is 0 Å². The summed E-state index contributed by atoms with van der Waals surface area (Å²) in [6.07, 6.45) is 11.3. The van der Waals surface area contributed by atoms with Crippen molar-refractivity contribution >= 4 is 0 Å². The van der Waals surface area contributed by atoms with Crippen LogP contribution in [0.2, 0.25) is 0 Å². The van der Waals surface area contributed by atoms with Crippen molar-refractivity contribution in [2.24, 2.45) is 11.8 Å². The number of hydrogen-bond acceptors (Lipinski definition) is 2. The highest BCUT2D eigenvalue weighted by molar-refractivity contribution is 4.86. The van der Waals surface area contributed by atoms with Crippen LogP contribution >= 0.6 is 0 Å².